The molecule has 0 radical (unpaired) electrons. The van der Waals surface area contributed by atoms with Gasteiger partial charge in [-0.3, -0.25) is 4.72 Å². The molecule has 1 fully saturated rings. The summed E-state index contributed by atoms with van der Waals surface area (Å²) in [5, 5.41) is 0. The summed E-state index contributed by atoms with van der Waals surface area (Å²) in [5.41, 5.74) is 2.73. The minimum Gasteiger partial charge on any atom is -0.465 e. The van der Waals surface area contributed by atoms with Crippen LogP contribution in [0.5, 0.6) is 0 Å². The second kappa shape index (κ2) is 11.6. The zero-order chi connectivity index (χ0) is 24.7. The summed E-state index contributed by atoms with van der Waals surface area (Å²) in [4.78, 5) is 15.5. The van der Waals surface area contributed by atoms with Gasteiger partial charge >= 0.3 is 16.2 Å². The molecule has 1 aliphatic rings. The molecule has 1 saturated heterocycles. The molecule has 4 rings (SSSR count). The predicted molar refractivity (Wildman–Crippen MR) is 141 cm³/mol. The molecule has 0 atom stereocenters. The number of carbonyl (C=O) groups is 1. The summed E-state index contributed by atoms with van der Waals surface area (Å²) < 4.78 is 35.2. The van der Waals surface area contributed by atoms with E-state index in [0.29, 0.717) is 26.2 Å². The zero-order valence-corrected chi connectivity index (χ0v) is 21.2. The van der Waals surface area contributed by atoms with E-state index in [1.165, 1.54) is 17.0 Å². The van der Waals surface area contributed by atoms with Gasteiger partial charge in [0.1, 0.15) is 0 Å². The molecule has 0 unspecified atom stereocenters. The smallest absolute Gasteiger partial charge is 0.340 e. The van der Waals surface area contributed by atoms with Crippen LogP contribution in [0.2, 0.25) is 0 Å². The van der Waals surface area contributed by atoms with E-state index >= 15 is 0 Å². The van der Waals surface area contributed by atoms with Crippen LogP contribution in [0.15, 0.2) is 83.8 Å². The number of aryl methyl sites for hydroxylation is 1. The highest BCUT2D eigenvalue weighted by molar-refractivity contribution is 7.99. The number of piperazine rings is 1. The van der Waals surface area contributed by atoms with Crippen molar-refractivity contribution >= 4 is 39.3 Å². The molecule has 1 aliphatic heterocycles. The molecule has 7 nitrogen and oxygen atoms in total. The van der Waals surface area contributed by atoms with E-state index in [4.69, 9.17) is 4.74 Å². The Morgan fingerprint density at radius 3 is 2.26 bits per heavy atom. The summed E-state index contributed by atoms with van der Waals surface area (Å²) in [7, 11) is -2.54. The fraction of sp³-hybridized carbons (Fsp3) is 0.269. The molecule has 35 heavy (non-hydrogen) atoms. The lowest BCUT2D eigenvalue weighted by atomic mass is 10.2. The van der Waals surface area contributed by atoms with Crippen molar-refractivity contribution in [2.75, 3.05) is 48.7 Å². The number of hydrogen-bond acceptors (Lipinski definition) is 6. The van der Waals surface area contributed by atoms with Gasteiger partial charge in [0.15, 0.2) is 0 Å². The van der Waals surface area contributed by atoms with Gasteiger partial charge in [0.25, 0.3) is 0 Å². The summed E-state index contributed by atoms with van der Waals surface area (Å²) in [6.45, 7) is 1.88. The Morgan fingerprint density at radius 2 is 1.60 bits per heavy atom. The van der Waals surface area contributed by atoms with Gasteiger partial charge in [-0.25, -0.2) is 4.79 Å². The van der Waals surface area contributed by atoms with Crippen LogP contribution >= 0.6 is 11.8 Å². The summed E-state index contributed by atoms with van der Waals surface area (Å²) in [5.74, 6) is 0.253. The number of carbonyl (C=O) groups excluding carboxylic acids is 1. The molecule has 0 bridgehead atoms. The Balaban J connectivity index is 1.42. The standard InChI is InChI=1S/C26H29N3O4S2/c1-33-26(30)24-20-23(34-19-14-21-8-4-2-5-9-21)12-13-25(24)27-35(31,32)29-17-15-28(16-18-29)22-10-6-3-7-11-22/h2-13,20,27H,14-19H2,1H3. The fourth-order valence-electron chi connectivity index (χ4n) is 3.94. The Labute approximate surface area is 211 Å². The minimum absolute atomic E-state index is 0.198. The SMILES string of the molecule is COC(=O)c1cc(SCCc2ccccc2)ccc1NS(=O)(=O)N1CCN(c2ccccc2)CC1. The lowest BCUT2D eigenvalue weighted by Crippen LogP contribution is -2.50. The van der Waals surface area contributed by atoms with Crippen molar-refractivity contribution in [1.29, 1.82) is 0 Å². The van der Waals surface area contributed by atoms with Crippen LogP contribution < -0.4 is 9.62 Å². The van der Waals surface area contributed by atoms with E-state index in [-0.39, 0.29) is 11.3 Å². The van der Waals surface area contributed by atoms with Gasteiger partial charge in [-0.1, -0.05) is 48.5 Å². The number of anilines is 2. The average molecular weight is 512 g/mol. The summed E-state index contributed by atoms with van der Waals surface area (Å²) in [6.07, 6.45) is 0.891. The quantitative estimate of drug-likeness (QED) is 0.341. The van der Waals surface area contributed by atoms with E-state index in [1.54, 1.807) is 23.9 Å². The Hall–Kier alpha value is -3.01. The van der Waals surface area contributed by atoms with Crippen molar-refractivity contribution in [3.8, 4) is 0 Å². The van der Waals surface area contributed by atoms with E-state index in [0.717, 1.165) is 22.8 Å². The number of rotatable bonds is 9. The van der Waals surface area contributed by atoms with Crippen LogP contribution in [0.4, 0.5) is 11.4 Å². The van der Waals surface area contributed by atoms with Crippen LogP contribution in [0.25, 0.3) is 0 Å². The monoisotopic (exact) mass is 511 g/mol. The predicted octanol–water partition coefficient (Wildman–Crippen LogP) is 4.29. The molecule has 9 heteroatoms. The number of esters is 1. The van der Waals surface area contributed by atoms with Gasteiger partial charge in [0.2, 0.25) is 0 Å². The van der Waals surface area contributed by atoms with Gasteiger partial charge in [0.05, 0.1) is 18.4 Å². The highest BCUT2D eigenvalue weighted by Crippen LogP contribution is 2.27. The third kappa shape index (κ3) is 6.56. The lowest BCUT2D eigenvalue weighted by molar-refractivity contribution is 0.0601. The third-order valence-corrected chi connectivity index (χ3v) is 8.36. The molecular formula is C26H29N3O4S2. The fourth-order valence-corrected chi connectivity index (χ4v) is 6.11. The van der Waals surface area contributed by atoms with E-state index in [2.05, 4.69) is 21.8 Å². The minimum atomic E-state index is -3.83. The van der Waals surface area contributed by atoms with Crippen LogP contribution in [0, 0.1) is 0 Å². The highest BCUT2D eigenvalue weighted by Gasteiger charge is 2.28. The van der Waals surface area contributed by atoms with E-state index in [1.807, 2.05) is 54.6 Å². The zero-order valence-electron chi connectivity index (χ0n) is 19.6. The van der Waals surface area contributed by atoms with Gasteiger partial charge in [-0.2, -0.15) is 12.7 Å². The first-order valence-electron chi connectivity index (χ1n) is 11.4. The first-order chi connectivity index (χ1) is 17.0. The number of para-hydroxylation sites is 1. The molecule has 3 aromatic carbocycles. The Kier molecular flexibility index (Phi) is 8.33. The molecule has 1 heterocycles. The molecule has 3 aromatic rings. The first-order valence-corrected chi connectivity index (χ1v) is 13.9. The van der Waals surface area contributed by atoms with Gasteiger partial charge in [0, 0.05) is 42.5 Å². The number of hydrogen-bond donors (Lipinski definition) is 1. The third-order valence-electron chi connectivity index (χ3n) is 5.84. The van der Waals surface area contributed by atoms with Crippen LogP contribution in [-0.4, -0.2) is 57.7 Å². The van der Waals surface area contributed by atoms with Gasteiger partial charge in [-0.05, 0) is 42.3 Å². The van der Waals surface area contributed by atoms with E-state index < -0.39 is 16.2 Å². The number of benzene rings is 3. The number of ether oxygens (including phenoxy) is 1. The molecule has 0 amide bonds. The summed E-state index contributed by atoms with van der Waals surface area (Å²) in [6, 6.07) is 25.3. The molecule has 0 aliphatic carbocycles. The second-order valence-corrected chi connectivity index (χ2v) is 11.0. The first kappa shape index (κ1) is 25.1. The highest BCUT2D eigenvalue weighted by atomic mass is 32.2. The second-order valence-electron chi connectivity index (χ2n) is 8.11. The maximum absolute atomic E-state index is 13.1. The maximum Gasteiger partial charge on any atom is 0.340 e. The molecule has 0 saturated carbocycles. The number of nitrogens with zero attached hydrogens (tertiary/aromatic N) is 2. The number of nitrogens with one attached hydrogen (secondary N) is 1. The average Bonchev–Trinajstić information content (AvgIpc) is 2.90. The lowest BCUT2D eigenvalue weighted by Gasteiger charge is -2.35. The molecule has 0 spiro atoms. The topological polar surface area (TPSA) is 78.9 Å². The summed E-state index contributed by atoms with van der Waals surface area (Å²) >= 11 is 1.61. The van der Waals surface area contributed by atoms with E-state index in [9.17, 15) is 13.2 Å². The maximum atomic E-state index is 13.1. The molecular weight excluding hydrogens is 482 g/mol. The number of methoxy groups -OCH3 is 1. The van der Waals surface area contributed by atoms with Gasteiger partial charge < -0.3 is 9.64 Å². The van der Waals surface area contributed by atoms with Crippen LogP contribution in [-0.2, 0) is 21.4 Å². The van der Waals surface area contributed by atoms with Crippen molar-refractivity contribution in [3.63, 3.8) is 0 Å². The Morgan fingerprint density at radius 1 is 0.943 bits per heavy atom. The van der Waals surface area contributed by atoms with Crippen molar-refractivity contribution in [1.82, 2.24) is 4.31 Å². The number of thioether (sulfide) groups is 1. The molecule has 184 valence electrons. The van der Waals surface area contributed by atoms with Crippen molar-refractivity contribution in [3.05, 3.63) is 90.0 Å². The van der Waals surface area contributed by atoms with Crippen molar-refractivity contribution < 1.29 is 17.9 Å². The van der Waals surface area contributed by atoms with Crippen LogP contribution in [0.1, 0.15) is 15.9 Å². The van der Waals surface area contributed by atoms with Crippen LogP contribution in [0.3, 0.4) is 0 Å². The Bertz CT molecular complexity index is 1230. The van der Waals surface area contributed by atoms with Crippen molar-refractivity contribution in [2.45, 2.75) is 11.3 Å². The normalized spacial score (nSPS) is 14.5. The largest absolute Gasteiger partial charge is 0.465 e. The van der Waals surface area contributed by atoms with Gasteiger partial charge in [-0.15, -0.1) is 11.8 Å². The molecule has 1 N–H and O–H groups in total. The van der Waals surface area contributed by atoms with Crippen molar-refractivity contribution in [2.24, 2.45) is 0 Å². The molecule has 0 aromatic heterocycles.